The molecule has 11 aromatic rings. The Bertz CT molecular complexity index is 3320. The van der Waals surface area contributed by atoms with Gasteiger partial charge in [-0.3, -0.25) is 0 Å². The first kappa shape index (κ1) is 41.6. The molecule has 0 unspecified atom stereocenters. The third kappa shape index (κ3) is 8.43. The van der Waals surface area contributed by atoms with Gasteiger partial charge in [0.05, 0.1) is 5.69 Å². The van der Waals surface area contributed by atoms with Gasteiger partial charge in [-0.05, 0) is 83.2 Å². The molecule has 0 atom stereocenters. The van der Waals surface area contributed by atoms with Crippen LogP contribution in [0.2, 0.25) is 0 Å². The first-order valence-electron chi connectivity index (χ1n) is 21.9. The molecule has 0 bridgehead atoms. The van der Waals surface area contributed by atoms with Crippen molar-refractivity contribution in [3.63, 3.8) is 0 Å². The Morgan fingerprint density at radius 2 is 1.06 bits per heavy atom. The third-order valence-electron chi connectivity index (χ3n) is 12.3. The van der Waals surface area contributed by atoms with E-state index >= 15 is 0 Å². The normalized spacial score (nSPS) is 11.3. The molecule has 65 heavy (non-hydrogen) atoms. The summed E-state index contributed by atoms with van der Waals surface area (Å²) >= 11 is 0. The van der Waals surface area contributed by atoms with Crippen molar-refractivity contribution in [1.29, 1.82) is 0 Å². The smallest absolute Gasteiger partial charge is 0.305 e. The molecule has 5 heterocycles. The first-order chi connectivity index (χ1) is 31.6. The fraction of sp³-hybridized carbons (Fsp3) is 0.0847. The van der Waals surface area contributed by atoms with Crippen molar-refractivity contribution >= 4 is 27.3 Å². The van der Waals surface area contributed by atoms with Crippen LogP contribution < -0.4 is 0 Å². The van der Waals surface area contributed by atoms with Gasteiger partial charge in [-0.25, -0.2) is 4.52 Å². The van der Waals surface area contributed by atoms with Gasteiger partial charge in [-0.15, -0.1) is 94.4 Å². The Kier molecular flexibility index (Phi) is 11.8. The molecular weight excluding hydrogens is 971 g/mol. The number of rotatable bonds is 11. The Morgan fingerprint density at radius 3 is 1.66 bits per heavy atom. The zero-order chi connectivity index (χ0) is 42.8. The molecule has 0 saturated carbocycles. The van der Waals surface area contributed by atoms with E-state index in [1.165, 1.54) is 33.4 Å². The van der Waals surface area contributed by atoms with Gasteiger partial charge in [0.15, 0.2) is 0 Å². The molecule has 0 saturated heterocycles. The molecule has 0 radical (unpaired) electrons. The molecule has 11 rings (SSSR count). The van der Waals surface area contributed by atoms with E-state index in [0.717, 1.165) is 103 Å². The number of nitrogens with zero attached hydrogens (tertiary/aromatic N) is 5. The number of aromatic nitrogens is 5. The number of fused-ring (bicyclic) bond motifs is 6. The van der Waals surface area contributed by atoms with Gasteiger partial charge in [0.2, 0.25) is 0 Å². The summed E-state index contributed by atoms with van der Waals surface area (Å²) in [5.41, 5.74) is 19.8. The van der Waals surface area contributed by atoms with Crippen LogP contribution in [-0.2, 0) is 45.8 Å². The van der Waals surface area contributed by atoms with Gasteiger partial charge in [-0.2, -0.15) is 5.10 Å². The third-order valence-corrected chi connectivity index (χ3v) is 12.3. The van der Waals surface area contributed by atoms with Crippen LogP contribution in [0.25, 0.3) is 83.3 Å². The SMILES string of the molecule is Cc1c(-c2ccccc2)nn2c3cccnc3c3[c-]cc(-c4ccccc4-c4cc(CCc5c[c-]c(-c6ccccn6)cc5)cc(CCc5c[c-]c(-c6ccccn6)cc5)c4)cc3c12.[Ir+3]. The Morgan fingerprint density at radius 1 is 0.477 bits per heavy atom. The van der Waals surface area contributed by atoms with Crippen LogP contribution in [0.4, 0.5) is 0 Å². The summed E-state index contributed by atoms with van der Waals surface area (Å²) in [4.78, 5) is 13.9. The average molecular weight is 1010 g/mol. The van der Waals surface area contributed by atoms with E-state index in [-0.39, 0.29) is 20.1 Å². The zero-order valence-electron chi connectivity index (χ0n) is 35.8. The topological polar surface area (TPSA) is 56.0 Å². The maximum absolute atomic E-state index is 5.22. The zero-order valence-corrected chi connectivity index (χ0v) is 38.2. The molecular formula is C59H42IrN5. The summed E-state index contributed by atoms with van der Waals surface area (Å²) in [6.07, 6.45) is 9.12. The molecule has 0 aliphatic rings. The number of pyridine rings is 4. The summed E-state index contributed by atoms with van der Waals surface area (Å²) in [7, 11) is 0. The number of aryl methyl sites for hydroxylation is 5. The van der Waals surface area contributed by atoms with Gasteiger partial charge in [0, 0.05) is 40.7 Å². The molecule has 312 valence electrons. The van der Waals surface area contributed by atoms with Gasteiger partial charge >= 0.3 is 20.1 Å². The van der Waals surface area contributed by atoms with Crippen molar-refractivity contribution in [2.45, 2.75) is 32.6 Å². The summed E-state index contributed by atoms with van der Waals surface area (Å²) in [5.74, 6) is 0. The molecule has 0 fully saturated rings. The van der Waals surface area contributed by atoms with Gasteiger partial charge in [0.1, 0.15) is 0 Å². The Hall–Kier alpha value is -7.37. The van der Waals surface area contributed by atoms with Crippen molar-refractivity contribution in [3.05, 3.63) is 234 Å². The predicted molar refractivity (Wildman–Crippen MR) is 260 cm³/mol. The van der Waals surface area contributed by atoms with Gasteiger partial charge in [0.25, 0.3) is 0 Å². The monoisotopic (exact) mass is 1010 g/mol. The predicted octanol–water partition coefficient (Wildman–Crippen LogP) is 13.4. The number of hydrogen-bond acceptors (Lipinski definition) is 4. The maximum atomic E-state index is 5.22. The molecule has 6 aromatic carbocycles. The second kappa shape index (κ2) is 18.4. The van der Waals surface area contributed by atoms with Crippen molar-refractivity contribution < 1.29 is 20.1 Å². The van der Waals surface area contributed by atoms with Crippen LogP contribution in [0.5, 0.6) is 0 Å². The number of hydrogen-bond donors (Lipinski definition) is 0. The van der Waals surface area contributed by atoms with Gasteiger partial charge < -0.3 is 15.0 Å². The Labute approximate surface area is 392 Å². The minimum absolute atomic E-state index is 0. The summed E-state index contributed by atoms with van der Waals surface area (Å²) in [5, 5.41) is 7.29. The van der Waals surface area contributed by atoms with E-state index in [0.29, 0.717) is 0 Å². The summed E-state index contributed by atoms with van der Waals surface area (Å²) in [6, 6.07) is 70.5. The molecule has 0 aliphatic carbocycles. The Balaban J connectivity index is 0.00000498. The molecule has 0 N–H and O–H groups in total. The van der Waals surface area contributed by atoms with E-state index in [1.54, 1.807) is 0 Å². The van der Waals surface area contributed by atoms with Crippen LogP contribution >= 0.6 is 0 Å². The van der Waals surface area contributed by atoms with Crippen molar-refractivity contribution in [2.24, 2.45) is 0 Å². The largest absolute Gasteiger partial charge is 3.00 e. The number of benzene rings is 6. The van der Waals surface area contributed by atoms with E-state index in [9.17, 15) is 0 Å². The van der Waals surface area contributed by atoms with Crippen LogP contribution in [0.1, 0.15) is 27.8 Å². The van der Waals surface area contributed by atoms with Crippen LogP contribution in [0, 0.1) is 25.1 Å². The maximum Gasteiger partial charge on any atom is 3.00 e. The van der Waals surface area contributed by atoms with Gasteiger partial charge in [-0.1, -0.05) is 126 Å². The quantitative estimate of drug-likeness (QED) is 0.0957. The van der Waals surface area contributed by atoms with Crippen LogP contribution in [0.15, 0.2) is 188 Å². The van der Waals surface area contributed by atoms with Crippen LogP contribution in [-0.4, -0.2) is 24.6 Å². The minimum Gasteiger partial charge on any atom is -0.305 e. The fourth-order valence-electron chi connectivity index (χ4n) is 9.01. The molecule has 0 aliphatic heterocycles. The second-order valence-corrected chi connectivity index (χ2v) is 16.4. The minimum atomic E-state index is 0. The molecule has 5 nitrogen and oxygen atoms in total. The van der Waals surface area contributed by atoms with E-state index < -0.39 is 0 Å². The molecule has 0 spiro atoms. The van der Waals surface area contributed by atoms with Crippen molar-refractivity contribution in [1.82, 2.24) is 24.6 Å². The van der Waals surface area contributed by atoms with E-state index in [4.69, 9.17) is 10.1 Å². The molecule has 5 aromatic heterocycles. The first-order valence-corrected chi connectivity index (χ1v) is 21.9. The summed E-state index contributed by atoms with van der Waals surface area (Å²) < 4.78 is 2.08. The van der Waals surface area contributed by atoms with E-state index in [2.05, 4.69) is 161 Å². The van der Waals surface area contributed by atoms with E-state index in [1.807, 2.05) is 67.1 Å². The van der Waals surface area contributed by atoms with Crippen molar-refractivity contribution in [3.8, 4) is 56.0 Å². The molecule has 6 heteroatoms. The van der Waals surface area contributed by atoms with Crippen molar-refractivity contribution in [2.75, 3.05) is 0 Å². The fourth-order valence-corrected chi connectivity index (χ4v) is 9.01. The summed E-state index contributed by atoms with van der Waals surface area (Å²) in [6.45, 7) is 2.18. The second-order valence-electron chi connectivity index (χ2n) is 16.4. The molecule has 0 amide bonds. The standard InChI is InChI=1S/C59H42N5.Ir/c1-40-57(47-12-3-2-4-13-47)63-64-56-18-11-35-62-58(56)52-32-31-48(39-53(52)59(40)64)50-14-5-6-15-51(50)49-37-43(21-19-41-23-27-45(28-24-41)54-16-7-9-33-60-54)36-44(38-49)22-20-42-25-29-46(30-26-42)55-17-8-10-34-61-55;/h2-18,23-27,29,31,33-39H,19-22H2,1H3;/q-3;+3. The average Bonchev–Trinajstić information content (AvgIpc) is 3.73. The van der Waals surface area contributed by atoms with Crippen LogP contribution in [0.3, 0.4) is 0 Å².